The van der Waals surface area contributed by atoms with Crippen LogP contribution >= 0.6 is 0 Å². The van der Waals surface area contributed by atoms with E-state index in [1.807, 2.05) is 36.7 Å². The van der Waals surface area contributed by atoms with Crippen molar-refractivity contribution in [1.82, 2.24) is 9.55 Å². The zero-order chi connectivity index (χ0) is 21.6. The lowest BCUT2D eigenvalue weighted by Gasteiger charge is -2.37. The summed E-state index contributed by atoms with van der Waals surface area (Å²) >= 11 is 0. The molecule has 0 saturated heterocycles. The Bertz CT molecular complexity index is 1150. The summed E-state index contributed by atoms with van der Waals surface area (Å²) in [5, 5.41) is 0. The third kappa shape index (κ3) is 3.69. The minimum Gasteiger partial charge on any atom is -0.487 e. The van der Waals surface area contributed by atoms with E-state index in [9.17, 15) is 0 Å². The van der Waals surface area contributed by atoms with Crippen LogP contribution in [0.3, 0.4) is 0 Å². The number of aromatic nitrogens is 2. The van der Waals surface area contributed by atoms with Gasteiger partial charge in [-0.05, 0) is 28.8 Å². The Hall–Kier alpha value is -4.11. The van der Waals surface area contributed by atoms with Gasteiger partial charge in [0.25, 0.3) is 0 Å². The second-order valence-electron chi connectivity index (χ2n) is 7.68. The van der Waals surface area contributed by atoms with Gasteiger partial charge in [-0.1, -0.05) is 109 Å². The predicted molar refractivity (Wildman–Crippen MR) is 128 cm³/mol. The first-order valence-electron chi connectivity index (χ1n) is 10.7. The normalized spacial score (nSPS) is 11.2. The van der Waals surface area contributed by atoms with Gasteiger partial charge in [-0.3, -0.25) is 0 Å². The van der Waals surface area contributed by atoms with E-state index in [4.69, 9.17) is 9.72 Å². The fourth-order valence-electron chi connectivity index (χ4n) is 4.28. The zero-order valence-electron chi connectivity index (χ0n) is 17.7. The molecule has 0 aliphatic carbocycles. The molecule has 3 nitrogen and oxygen atoms in total. The van der Waals surface area contributed by atoms with E-state index in [0.29, 0.717) is 6.61 Å². The molecule has 156 valence electrons. The molecule has 0 fully saturated rings. The maximum Gasteiger partial charge on any atom is 0.132 e. The van der Waals surface area contributed by atoms with Crippen molar-refractivity contribution in [3.8, 4) is 5.75 Å². The number of ether oxygens (including phenoxy) is 1. The van der Waals surface area contributed by atoms with Gasteiger partial charge in [-0.15, -0.1) is 0 Å². The quantitative estimate of drug-likeness (QED) is 0.291. The van der Waals surface area contributed by atoms with Gasteiger partial charge < -0.3 is 9.30 Å². The van der Waals surface area contributed by atoms with Gasteiger partial charge in [-0.2, -0.15) is 0 Å². The topological polar surface area (TPSA) is 27.1 Å². The van der Waals surface area contributed by atoms with Crippen LogP contribution in [0, 0.1) is 0 Å². The monoisotopic (exact) mass is 416 g/mol. The molecule has 5 aromatic rings. The molecule has 0 aliphatic rings. The highest BCUT2D eigenvalue weighted by atomic mass is 16.5. The molecule has 1 heterocycles. The minimum atomic E-state index is -0.554. The molecule has 0 N–H and O–H groups in total. The summed E-state index contributed by atoms with van der Waals surface area (Å²) in [6, 6.07) is 41.6. The van der Waals surface area contributed by atoms with Crippen LogP contribution < -0.4 is 4.74 Å². The van der Waals surface area contributed by atoms with Crippen LogP contribution in [0.4, 0.5) is 0 Å². The van der Waals surface area contributed by atoms with Gasteiger partial charge in [0.05, 0.1) is 12.0 Å². The number of imidazole rings is 1. The molecule has 32 heavy (non-hydrogen) atoms. The van der Waals surface area contributed by atoms with Crippen LogP contribution in [0.5, 0.6) is 5.75 Å². The molecular formula is C29H24N2O. The number of nitrogens with zero attached hydrogens (tertiary/aromatic N) is 2. The Kier molecular flexibility index (Phi) is 5.54. The third-order valence-electron chi connectivity index (χ3n) is 5.73. The maximum absolute atomic E-state index is 5.96. The van der Waals surface area contributed by atoms with E-state index >= 15 is 0 Å². The van der Waals surface area contributed by atoms with Crippen molar-refractivity contribution in [2.45, 2.75) is 12.1 Å². The molecular weight excluding hydrogens is 392 g/mol. The largest absolute Gasteiger partial charge is 0.487 e. The van der Waals surface area contributed by atoms with Crippen LogP contribution in [0.25, 0.3) is 0 Å². The van der Waals surface area contributed by atoms with Crippen LogP contribution in [-0.4, -0.2) is 9.55 Å². The van der Waals surface area contributed by atoms with Crippen LogP contribution in [0.15, 0.2) is 134 Å². The fourth-order valence-corrected chi connectivity index (χ4v) is 4.28. The minimum absolute atomic E-state index is 0.408. The van der Waals surface area contributed by atoms with Crippen LogP contribution in [0.2, 0.25) is 0 Å². The highest BCUT2D eigenvalue weighted by molar-refractivity contribution is 5.50. The summed E-state index contributed by atoms with van der Waals surface area (Å²) in [4.78, 5) is 4.71. The van der Waals surface area contributed by atoms with E-state index in [2.05, 4.69) is 102 Å². The van der Waals surface area contributed by atoms with Crippen molar-refractivity contribution >= 4 is 0 Å². The first-order chi connectivity index (χ1) is 15.9. The van der Waals surface area contributed by atoms with E-state index in [0.717, 1.165) is 11.4 Å². The van der Waals surface area contributed by atoms with Gasteiger partial charge in [0, 0.05) is 6.20 Å². The summed E-state index contributed by atoms with van der Waals surface area (Å²) in [6.45, 7) is 0.408. The average Bonchev–Trinajstić information content (AvgIpc) is 3.35. The van der Waals surface area contributed by atoms with Gasteiger partial charge in [0.15, 0.2) is 0 Å². The van der Waals surface area contributed by atoms with Crippen molar-refractivity contribution in [3.63, 3.8) is 0 Å². The molecule has 0 radical (unpaired) electrons. The maximum atomic E-state index is 5.96. The van der Waals surface area contributed by atoms with E-state index < -0.39 is 5.54 Å². The second-order valence-corrected chi connectivity index (χ2v) is 7.68. The van der Waals surface area contributed by atoms with Crippen molar-refractivity contribution < 1.29 is 4.74 Å². The molecule has 0 amide bonds. The number of hydrogen-bond donors (Lipinski definition) is 0. The lowest BCUT2D eigenvalue weighted by molar-refractivity contribution is 0.301. The molecule has 1 aromatic heterocycles. The Morgan fingerprint density at radius 2 is 1.03 bits per heavy atom. The number of hydrogen-bond acceptors (Lipinski definition) is 2. The fraction of sp³-hybridized carbons (Fsp3) is 0.0690. The van der Waals surface area contributed by atoms with Gasteiger partial charge in [-0.25, -0.2) is 4.98 Å². The van der Waals surface area contributed by atoms with Gasteiger partial charge in [0.1, 0.15) is 17.9 Å². The summed E-state index contributed by atoms with van der Waals surface area (Å²) < 4.78 is 8.16. The van der Waals surface area contributed by atoms with Gasteiger partial charge in [0.2, 0.25) is 0 Å². The predicted octanol–water partition coefficient (Wildman–Crippen LogP) is 6.30. The molecule has 5 rings (SSSR count). The smallest absolute Gasteiger partial charge is 0.132 e. The van der Waals surface area contributed by atoms with E-state index in [-0.39, 0.29) is 0 Å². The zero-order valence-corrected chi connectivity index (χ0v) is 17.7. The van der Waals surface area contributed by atoms with Crippen molar-refractivity contribution in [2.75, 3.05) is 0 Å². The highest BCUT2D eigenvalue weighted by Gasteiger charge is 2.38. The standard InChI is InChI=1S/C29H24N2O/c1-5-13-24(14-6-1)29(25-15-7-2-8-16-25,26-17-9-3-10-18-26)31-21-27(30-23-31)22-32-28-19-11-4-12-20-28/h1-21,23H,22H2. The Labute approximate surface area is 188 Å². The SMILES string of the molecule is c1ccc(OCc2cn(C(c3ccccc3)(c3ccccc3)c3ccccc3)cn2)cc1. The molecule has 0 spiro atoms. The van der Waals surface area contributed by atoms with Crippen molar-refractivity contribution in [2.24, 2.45) is 0 Å². The van der Waals surface area contributed by atoms with Crippen molar-refractivity contribution in [1.29, 1.82) is 0 Å². The molecule has 0 atom stereocenters. The number of benzene rings is 4. The Morgan fingerprint density at radius 1 is 0.594 bits per heavy atom. The summed E-state index contributed by atoms with van der Waals surface area (Å²) in [5.74, 6) is 0.836. The molecule has 0 saturated carbocycles. The summed E-state index contributed by atoms with van der Waals surface area (Å²) in [5.41, 5.74) is 3.84. The van der Waals surface area contributed by atoms with E-state index in [1.165, 1.54) is 16.7 Å². The molecule has 0 unspecified atom stereocenters. The molecule has 0 aliphatic heterocycles. The Balaban J connectivity index is 1.65. The average molecular weight is 417 g/mol. The first-order valence-corrected chi connectivity index (χ1v) is 10.7. The molecule has 0 bridgehead atoms. The first kappa shape index (κ1) is 19.8. The molecule has 4 aromatic carbocycles. The van der Waals surface area contributed by atoms with E-state index in [1.54, 1.807) is 0 Å². The molecule has 3 heteroatoms. The van der Waals surface area contributed by atoms with Crippen LogP contribution in [0.1, 0.15) is 22.4 Å². The second kappa shape index (κ2) is 8.94. The highest BCUT2D eigenvalue weighted by Crippen LogP contribution is 2.40. The number of rotatable bonds is 7. The van der Waals surface area contributed by atoms with Crippen molar-refractivity contribution in [3.05, 3.63) is 156 Å². The van der Waals surface area contributed by atoms with Crippen LogP contribution in [-0.2, 0) is 12.1 Å². The Morgan fingerprint density at radius 3 is 1.50 bits per heavy atom. The van der Waals surface area contributed by atoms with Gasteiger partial charge >= 0.3 is 0 Å². The lowest BCUT2D eigenvalue weighted by Crippen LogP contribution is -2.36. The summed E-state index contributed by atoms with van der Waals surface area (Å²) in [6.07, 6.45) is 4.01. The lowest BCUT2D eigenvalue weighted by atomic mass is 9.77. The number of para-hydroxylation sites is 1. The summed E-state index contributed by atoms with van der Waals surface area (Å²) in [7, 11) is 0. The third-order valence-corrected chi connectivity index (χ3v) is 5.73.